The first-order valence-electron chi connectivity index (χ1n) is 8.32. The molecule has 126 valence electrons. The maximum Gasteiger partial charge on any atom is 0.227 e. The van der Waals surface area contributed by atoms with Crippen LogP contribution in [-0.2, 0) is 17.8 Å². The fraction of sp³-hybridized carbons (Fsp3) is 0.368. The Kier molecular flexibility index (Phi) is 5.31. The molecule has 0 fully saturated rings. The SMILES string of the molecule is CCCOc1cc(CNC(=O)[C@@H]2COc3ccccc3C2)ccn1. The van der Waals surface area contributed by atoms with Gasteiger partial charge in [0.15, 0.2) is 0 Å². The molecule has 1 amide bonds. The molecule has 0 unspecified atom stereocenters. The van der Waals surface area contributed by atoms with Gasteiger partial charge in [-0.15, -0.1) is 0 Å². The van der Waals surface area contributed by atoms with E-state index in [1.54, 1.807) is 6.20 Å². The predicted molar refractivity (Wildman–Crippen MR) is 91.0 cm³/mol. The van der Waals surface area contributed by atoms with E-state index < -0.39 is 0 Å². The standard InChI is InChI=1S/C19H22N2O3/c1-2-9-23-18-10-14(7-8-20-18)12-21-19(22)16-11-15-5-3-4-6-17(15)24-13-16/h3-8,10,16H,2,9,11-13H2,1H3,(H,21,22)/t16-/m0/s1. The molecule has 2 heterocycles. The molecule has 1 aromatic heterocycles. The van der Waals surface area contributed by atoms with Gasteiger partial charge in [0.25, 0.3) is 0 Å². The molecule has 3 rings (SSSR count). The minimum atomic E-state index is -0.155. The van der Waals surface area contributed by atoms with Crippen molar-refractivity contribution in [3.63, 3.8) is 0 Å². The third-order valence-electron chi connectivity index (χ3n) is 3.97. The molecule has 0 saturated carbocycles. The van der Waals surface area contributed by atoms with Gasteiger partial charge in [-0.2, -0.15) is 0 Å². The third-order valence-corrected chi connectivity index (χ3v) is 3.97. The Hall–Kier alpha value is -2.56. The Bertz CT molecular complexity index is 703. The molecule has 1 aliphatic heterocycles. The average Bonchev–Trinajstić information content (AvgIpc) is 2.64. The Morgan fingerprint density at radius 1 is 1.38 bits per heavy atom. The van der Waals surface area contributed by atoms with Crippen molar-refractivity contribution in [1.82, 2.24) is 10.3 Å². The highest BCUT2D eigenvalue weighted by atomic mass is 16.5. The molecule has 1 atom stereocenters. The summed E-state index contributed by atoms with van der Waals surface area (Å²) >= 11 is 0. The summed E-state index contributed by atoms with van der Waals surface area (Å²) in [7, 11) is 0. The van der Waals surface area contributed by atoms with Gasteiger partial charge < -0.3 is 14.8 Å². The number of fused-ring (bicyclic) bond motifs is 1. The van der Waals surface area contributed by atoms with E-state index in [4.69, 9.17) is 9.47 Å². The van der Waals surface area contributed by atoms with Crippen LogP contribution in [0.3, 0.4) is 0 Å². The second-order valence-electron chi connectivity index (χ2n) is 5.89. The smallest absolute Gasteiger partial charge is 0.227 e. The number of para-hydroxylation sites is 1. The number of nitrogens with one attached hydrogen (secondary N) is 1. The van der Waals surface area contributed by atoms with E-state index >= 15 is 0 Å². The fourth-order valence-corrected chi connectivity index (χ4v) is 2.68. The lowest BCUT2D eigenvalue weighted by Crippen LogP contribution is -2.37. The Morgan fingerprint density at radius 2 is 2.25 bits per heavy atom. The van der Waals surface area contributed by atoms with Crippen molar-refractivity contribution in [1.29, 1.82) is 0 Å². The minimum Gasteiger partial charge on any atom is -0.492 e. The number of nitrogens with zero attached hydrogens (tertiary/aromatic N) is 1. The molecule has 0 radical (unpaired) electrons. The first kappa shape index (κ1) is 16.3. The Labute approximate surface area is 142 Å². The molecule has 0 spiro atoms. The summed E-state index contributed by atoms with van der Waals surface area (Å²) in [6.07, 6.45) is 3.35. The van der Waals surface area contributed by atoms with Crippen molar-refractivity contribution in [2.45, 2.75) is 26.3 Å². The van der Waals surface area contributed by atoms with Crippen LogP contribution in [0.5, 0.6) is 11.6 Å². The summed E-state index contributed by atoms with van der Waals surface area (Å²) in [6, 6.07) is 11.6. The van der Waals surface area contributed by atoms with E-state index in [0.29, 0.717) is 32.1 Å². The molecule has 0 saturated heterocycles. The van der Waals surface area contributed by atoms with Crippen LogP contribution in [0.2, 0.25) is 0 Å². The molecule has 1 aromatic carbocycles. The van der Waals surface area contributed by atoms with Gasteiger partial charge >= 0.3 is 0 Å². The molecule has 5 nitrogen and oxygen atoms in total. The second kappa shape index (κ2) is 7.81. The van der Waals surface area contributed by atoms with E-state index in [0.717, 1.165) is 23.3 Å². The van der Waals surface area contributed by atoms with Gasteiger partial charge in [-0.3, -0.25) is 4.79 Å². The molecular weight excluding hydrogens is 304 g/mol. The van der Waals surface area contributed by atoms with E-state index in [1.807, 2.05) is 36.4 Å². The topological polar surface area (TPSA) is 60.5 Å². The lowest BCUT2D eigenvalue weighted by molar-refractivity contribution is -0.126. The monoisotopic (exact) mass is 326 g/mol. The first-order chi connectivity index (χ1) is 11.8. The number of ether oxygens (including phenoxy) is 2. The summed E-state index contributed by atoms with van der Waals surface area (Å²) in [5.74, 6) is 1.34. The van der Waals surface area contributed by atoms with Crippen LogP contribution in [0, 0.1) is 5.92 Å². The molecular formula is C19H22N2O3. The fourth-order valence-electron chi connectivity index (χ4n) is 2.68. The zero-order valence-corrected chi connectivity index (χ0v) is 13.8. The van der Waals surface area contributed by atoms with Gasteiger partial charge in [-0.1, -0.05) is 25.1 Å². The van der Waals surface area contributed by atoms with Gasteiger partial charge in [-0.25, -0.2) is 4.98 Å². The van der Waals surface area contributed by atoms with Gasteiger partial charge in [0, 0.05) is 18.8 Å². The number of aromatic nitrogens is 1. The van der Waals surface area contributed by atoms with Crippen molar-refractivity contribution in [3.05, 3.63) is 53.7 Å². The van der Waals surface area contributed by atoms with Gasteiger partial charge in [-0.05, 0) is 36.1 Å². The van der Waals surface area contributed by atoms with Crippen LogP contribution in [0.4, 0.5) is 0 Å². The van der Waals surface area contributed by atoms with Crippen molar-refractivity contribution < 1.29 is 14.3 Å². The molecule has 0 bridgehead atoms. The van der Waals surface area contributed by atoms with Gasteiger partial charge in [0.2, 0.25) is 11.8 Å². The summed E-state index contributed by atoms with van der Waals surface area (Å²) in [6.45, 7) is 3.57. The number of rotatable bonds is 6. The quantitative estimate of drug-likeness (QED) is 0.887. The van der Waals surface area contributed by atoms with Crippen molar-refractivity contribution in [2.75, 3.05) is 13.2 Å². The van der Waals surface area contributed by atoms with Crippen molar-refractivity contribution in [2.24, 2.45) is 5.92 Å². The number of benzene rings is 1. The molecule has 5 heteroatoms. The summed E-state index contributed by atoms with van der Waals surface area (Å²) in [5.41, 5.74) is 2.06. The van der Waals surface area contributed by atoms with E-state index in [-0.39, 0.29) is 11.8 Å². The maximum atomic E-state index is 12.4. The van der Waals surface area contributed by atoms with Crippen molar-refractivity contribution >= 4 is 5.91 Å². The lowest BCUT2D eigenvalue weighted by atomic mass is 9.96. The average molecular weight is 326 g/mol. The predicted octanol–water partition coefficient (Wildman–Crippen LogP) is 2.74. The summed E-state index contributed by atoms with van der Waals surface area (Å²) in [4.78, 5) is 16.6. The Balaban J connectivity index is 1.54. The highest BCUT2D eigenvalue weighted by Crippen LogP contribution is 2.26. The van der Waals surface area contributed by atoms with Crippen LogP contribution in [0.25, 0.3) is 0 Å². The normalized spacial score (nSPS) is 16.0. The van der Waals surface area contributed by atoms with Crippen LogP contribution in [-0.4, -0.2) is 24.1 Å². The van der Waals surface area contributed by atoms with Gasteiger partial charge in [0.05, 0.1) is 12.5 Å². The number of carbonyl (C=O) groups excluding carboxylic acids is 1. The number of carbonyl (C=O) groups is 1. The van der Waals surface area contributed by atoms with Crippen LogP contribution < -0.4 is 14.8 Å². The number of hydrogen-bond donors (Lipinski definition) is 1. The van der Waals surface area contributed by atoms with Crippen LogP contribution >= 0.6 is 0 Å². The molecule has 0 aliphatic carbocycles. The van der Waals surface area contributed by atoms with Gasteiger partial charge in [0.1, 0.15) is 12.4 Å². The van der Waals surface area contributed by atoms with Crippen LogP contribution in [0.15, 0.2) is 42.6 Å². The molecule has 1 aliphatic rings. The zero-order chi connectivity index (χ0) is 16.8. The highest BCUT2D eigenvalue weighted by molar-refractivity contribution is 5.79. The van der Waals surface area contributed by atoms with Crippen molar-refractivity contribution in [3.8, 4) is 11.6 Å². The highest BCUT2D eigenvalue weighted by Gasteiger charge is 2.25. The summed E-state index contributed by atoms with van der Waals surface area (Å²) < 4.78 is 11.2. The second-order valence-corrected chi connectivity index (χ2v) is 5.89. The number of hydrogen-bond acceptors (Lipinski definition) is 4. The first-order valence-corrected chi connectivity index (χ1v) is 8.32. The minimum absolute atomic E-state index is 0.0114. The van der Waals surface area contributed by atoms with E-state index in [1.165, 1.54) is 0 Å². The summed E-state index contributed by atoms with van der Waals surface area (Å²) in [5, 5.41) is 2.98. The molecule has 24 heavy (non-hydrogen) atoms. The molecule has 1 N–H and O–H groups in total. The largest absolute Gasteiger partial charge is 0.492 e. The number of pyridine rings is 1. The van der Waals surface area contributed by atoms with E-state index in [9.17, 15) is 4.79 Å². The Morgan fingerprint density at radius 3 is 3.12 bits per heavy atom. The maximum absolute atomic E-state index is 12.4. The van der Waals surface area contributed by atoms with Crippen LogP contribution in [0.1, 0.15) is 24.5 Å². The molecule has 2 aromatic rings. The lowest BCUT2D eigenvalue weighted by Gasteiger charge is -2.24. The third kappa shape index (κ3) is 4.04. The van der Waals surface area contributed by atoms with E-state index in [2.05, 4.69) is 17.2 Å². The number of amides is 1. The zero-order valence-electron chi connectivity index (χ0n) is 13.8.